The monoisotopic (exact) mass is 290 g/mol. The van der Waals surface area contributed by atoms with Crippen LogP contribution in [0.15, 0.2) is 18.3 Å². The van der Waals surface area contributed by atoms with Crippen molar-refractivity contribution >= 4 is 11.7 Å². The van der Waals surface area contributed by atoms with E-state index in [0.29, 0.717) is 6.04 Å². The number of carbonyl (C=O) groups is 1. The third kappa shape index (κ3) is 3.73. The molecular formula is C16H26N4O. The van der Waals surface area contributed by atoms with Crippen LogP contribution in [0.1, 0.15) is 32.8 Å². The largest absolute Gasteiger partial charge is 0.359 e. The maximum absolute atomic E-state index is 11.9. The van der Waals surface area contributed by atoms with Crippen molar-refractivity contribution in [2.45, 2.75) is 39.8 Å². The van der Waals surface area contributed by atoms with Gasteiger partial charge in [-0.3, -0.25) is 4.79 Å². The Labute approximate surface area is 127 Å². The van der Waals surface area contributed by atoms with Crippen molar-refractivity contribution in [3.8, 4) is 0 Å². The Hall–Kier alpha value is -1.62. The second-order valence-corrected chi connectivity index (χ2v) is 6.37. The number of nitrogens with zero attached hydrogens (tertiary/aromatic N) is 2. The number of amides is 1. The molecule has 21 heavy (non-hydrogen) atoms. The lowest BCUT2D eigenvalue weighted by atomic mass is 9.89. The smallest absolute Gasteiger partial charge is 0.227 e. The number of hydrogen-bond donors (Lipinski definition) is 2. The average molecular weight is 290 g/mol. The molecule has 5 heteroatoms. The summed E-state index contributed by atoms with van der Waals surface area (Å²) in [5, 5.41) is 6.14. The van der Waals surface area contributed by atoms with E-state index in [1.165, 1.54) is 5.56 Å². The van der Waals surface area contributed by atoms with Crippen molar-refractivity contribution in [3.05, 3.63) is 23.9 Å². The lowest BCUT2D eigenvalue weighted by Gasteiger charge is -2.23. The third-order valence-corrected chi connectivity index (χ3v) is 4.10. The minimum Gasteiger partial charge on any atom is -0.359 e. The van der Waals surface area contributed by atoms with Gasteiger partial charge < -0.3 is 15.5 Å². The van der Waals surface area contributed by atoms with E-state index in [-0.39, 0.29) is 11.3 Å². The Balaban J connectivity index is 1.99. The zero-order valence-corrected chi connectivity index (χ0v) is 13.4. The topological polar surface area (TPSA) is 57.3 Å². The first kappa shape index (κ1) is 15.8. The molecule has 0 bridgehead atoms. The van der Waals surface area contributed by atoms with Crippen molar-refractivity contribution in [1.82, 2.24) is 15.6 Å². The van der Waals surface area contributed by atoms with Crippen molar-refractivity contribution in [2.24, 2.45) is 5.41 Å². The fourth-order valence-corrected chi connectivity index (χ4v) is 2.67. The van der Waals surface area contributed by atoms with Crippen LogP contribution in [0.2, 0.25) is 0 Å². The van der Waals surface area contributed by atoms with E-state index in [4.69, 9.17) is 0 Å². The van der Waals surface area contributed by atoms with Gasteiger partial charge in [-0.1, -0.05) is 19.9 Å². The predicted octanol–water partition coefficient (Wildman–Crippen LogP) is 1.54. The fraction of sp³-hybridized carbons (Fsp3) is 0.625. The number of anilines is 1. The van der Waals surface area contributed by atoms with Crippen LogP contribution < -0.4 is 15.5 Å². The maximum Gasteiger partial charge on any atom is 0.227 e. The summed E-state index contributed by atoms with van der Waals surface area (Å²) >= 11 is 0. The minimum absolute atomic E-state index is 0.114. The summed E-state index contributed by atoms with van der Waals surface area (Å²) in [7, 11) is 1.70. The average Bonchev–Trinajstić information content (AvgIpc) is 2.88. The molecule has 2 rings (SSSR count). The first-order valence-electron chi connectivity index (χ1n) is 7.60. The van der Waals surface area contributed by atoms with Crippen LogP contribution >= 0.6 is 0 Å². The zero-order valence-electron chi connectivity index (χ0n) is 13.4. The van der Waals surface area contributed by atoms with E-state index >= 15 is 0 Å². The van der Waals surface area contributed by atoms with Crippen molar-refractivity contribution < 1.29 is 4.79 Å². The van der Waals surface area contributed by atoms with Gasteiger partial charge in [0.05, 0.1) is 5.41 Å². The Morgan fingerprint density at radius 2 is 2.24 bits per heavy atom. The molecule has 0 aliphatic carbocycles. The van der Waals surface area contributed by atoms with Gasteiger partial charge in [0.2, 0.25) is 5.91 Å². The number of rotatable bonds is 5. The summed E-state index contributed by atoms with van der Waals surface area (Å²) in [4.78, 5) is 18.7. The highest BCUT2D eigenvalue weighted by Gasteiger charge is 2.40. The van der Waals surface area contributed by atoms with E-state index in [9.17, 15) is 4.79 Å². The Morgan fingerprint density at radius 3 is 2.81 bits per heavy atom. The minimum atomic E-state index is -0.311. The van der Waals surface area contributed by atoms with Crippen molar-refractivity contribution in [1.29, 1.82) is 0 Å². The first-order valence-corrected chi connectivity index (χ1v) is 7.60. The molecular weight excluding hydrogens is 264 g/mol. The molecule has 0 saturated carbocycles. The van der Waals surface area contributed by atoms with Gasteiger partial charge in [0.25, 0.3) is 0 Å². The highest BCUT2D eigenvalue weighted by Crippen LogP contribution is 2.32. The standard InChI is InChI=1S/C16H26N4O/c1-12(2)18-9-13-5-6-14(19-10-13)20-8-7-16(3,11-20)15(21)17-4/h5-6,10,12,18H,7-9,11H2,1-4H3,(H,17,21). The molecule has 2 heterocycles. The Morgan fingerprint density at radius 1 is 1.48 bits per heavy atom. The molecule has 1 aliphatic rings. The molecule has 1 saturated heterocycles. The van der Waals surface area contributed by atoms with Crippen molar-refractivity contribution in [3.63, 3.8) is 0 Å². The molecule has 2 N–H and O–H groups in total. The van der Waals surface area contributed by atoms with Gasteiger partial charge in [-0.15, -0.1) is 0 Å². The van der Waals surface area contributed by atoms with Crippen LogP contribution in [0.5, 0.6) is 0 Å². The van der Waals surface area contributed by atoms with Gasteiger partial charge in [-0.2, -0.15) is 0 Å². The van der Waals surface area contributed by atoms with Gasteiger partial charge in [0.15, 0.2) is 0 Å². The molecule has 0 aromatic carbocycles. The van der Waals surface area contributed by atoms with E-state index in [0.717, 1.165) is 31.9 Å². The lowest BCUT2D eigenvalue weighted by Crippen LogP contribution is -2.39. The number of aromatic nitrogens is 1. The van der Waals surface area contributed by atoms with Crippen LogP contribution in [-0.4, -0.2) is 37.1 Å². The van der Waals surface area contributed by atoms with Crippen molar-refractivity contribution in [2.75, 3.05) is 25.0 Å². The molecule has 1 amide bonds. The first-order chi connectivity index (χ1) is 9.94. The molecule has 1 aromatic heterocycles. The molecule has 5 nitrogen and oxygen atoms in total. The highest BCUT2D eigenvalue weighted by atomic mass is 16.2. The third-order valence-electron chi connectivity index (χ3n) is 4.10. The van der Waals surface area contributed by atoms with Gasteiger partial charge in [0, 0.05) is 38.9 Å². The highest BCUT2D eigenvalue weighted by molar-refractivity contribution is 5.83. The predicted molar refractivity (Wildman–Crippen MR) is 85.2 cm³/mol. The van der Waals surface area contributed by atoms with Crippen LogP contribution in [0, 0.1) is 5.41 Å². The van der Waals surface area contributed by atoms with Gasteiger partial charge >= 0.3 is 0 Å². The zero-order chi connectivity index (χ0) is 15.5. The number of pyridine rings is 1. The Kier molecular flexibility index (Phi) is 4.83. The molecule has 1 atom stereocenters. The van der Waals surface area contributed by atoms with E-state index < -0.39 is 0 Å². The normalized spacial score (nSPS) is 21.9. The fourth-order valence-electron chi connectivity index (χ4n) is 2.67. The molecule has 1 fully saturated rings. The quantitative estimate of drug-likeness (QED) is 0.864. The summed E-state index contributed by atoms with van der Waals surface area (Å²) in [6.07, 6.45) is 2.78. The van der Waals surface area contributed by atoms with Gasteiger partial charge in [-0.25, -0.2) is 4.98 Å². The molecule has 1 aliphatic heterocycles. The Bertz CT molecular complexity index is 486. The van der Waals surface area contributed by atoms with E-state index in [2.05, 4.69) is 40.4 Å². The van der Waals surface area contributed by atoms with Crippen LogP contribution in [0.4, 0.5) is 5.82 Å². The summed E-state index contributed by atoms with van der Waals surface area (Å²) in [6, 6.07) is 4.62. The summed E-state index contributed by atoms with van der Waals surface area (Å²) in [5.41, 5.74) is 0.870. The van der Waals surface area contributed by atoms with Crippen LogP contribution in [0.3, 0.4) is 0 Å². The van der Waals surface area contributed by atoms with Crippen LogP contribution in [0.25, 0.3) is 0 Å². The number of carbonyl (C=O) groups excluding carboxylic acids is 1. The molecule has 116 valence electrons. The van der Waals surface area contributed by atoms with E-state index in [1.54, 1.807) is 7.05 Å². The molecule has 1 aromatic rings. The molecule has 0 radical (unpaired) electrons. The summed E-state index contributed by atoms with van der Waals surface area (Å²) < 4.78 is 0. The second-order valence-electron chi connectivity index (χ2n) is 6.37. The lowest BCUT2D eigenvalue weighted by molar-refractivity contribution is -0.128. The number of hydrogen-bond acceptors (Lipinski definition) is 4. The SMILES string of the molecule is CNC(=O)C1(C)CCN(c2ccc(CNC(C)C)cn2)C1. The summed E-state index contributed by atoms with van der Waals surface area (Å²) in [5.74, 6) is 1.07. The maximum atomic E-state index is 11.9. The van der Waals surface area contributed by atoms with Gasteiger partial charge in [-0.05, 0) is 25.0 Å². The number of nitrogens with one attached hydrogen (secondary N) is 2. The van der Waals surface area contributed by atoms with E-state index in [1.807, 2.05) is 19.2 Å². The molecule has 0 spiro atoms. The van der Waals surface area contributed by atoms with Gasteiger partial charge in [0.1, 0.15) is 5.82 Å². The summed E-state index contributed by atoms with van der Waals surface area (Å²) in [6.45, 7) is 8.72. The molecule has 1 unspecified atom stereocenters. The van der Waals surface area contributed by atoms with Crippen LogP contribution in [-0.2, 0) is 11.3 Å². The second kappa shape index (κ2) is 6.43.